The van der Waals surface area contributed by atoms with E-state index in [9.17, 15) is 38.2 Å². The van der Waals surface area contributed by atoms with E-state index in [1.807, 2.05) is 6.08 Å². The van der Waals surface area contributed by atoms with Crippen molar-refractivity contribution in [1.29, 1.82) is 0 Å². The second-order valence-electron chi connectivity index (χ2n) is 19.5. The van der Waals surface area contributed by atoms with Gasteiger partial charge in [-0.15, -0.1) is 0 Å². The maximum absolute atomic E-state index is 13.1. The molecule has 7 atom stereocenters. The Morgan fingerprint density at radius 3 is 1.34 bits per heavy atom. The minimum Gasteiger partial charge on any atom is -0.394 e. The molecule has 1 fully saturated rings. The van der Waals surface area contributed by atoms with Gasteiger partial charge >= 0.3 is 10.4 Å². The third-order valence-electron chi connectivity index (χ3n) is 13.2. The van der Waals surface area contributed by atoms with Crippen LogP contribution in [0.2, 0.25) is 0 Å². The van der Waals surface area contributed by atoms with E-state index < -0.39 is 59.9 Å². The first-order valence-electron chi connectivity index (χ1n) is 27.7. The Kier molecular flexibility index (Phi) is 42.3. The number of unbranched alkanes of at least 4 members (excludes halogenated alkanes) is 34. The molecule has 0 radical (unpaired) electrons. The van der Waals surface area contributed by atoms with Crippen molar-refractivity contribution in [3.05, 3.63) is 24.3 Å². The molecule has 1 rings (SSSR count). The van der Waals surface area contributed by atoms with E-state index in [1.165, 1.54) is 173 Å². The van der Waals surface area contributed by atoms with Crippen LogP contribution in [0.5, 0.6) is 0 Å². The Bertz CT molecular complexity index is 1280. The van der Waals surface area contributed by atoms with Gasteiger partial charge in [-0.3, -0.25) is 9.35 Å². The summed E-state index contributed by atoms with van der Waals surface area (Å²) in [6, 6.07) is -0.947. The van der Waals surface area contributed by atoms with Crippen LogP contribution in [-0.2, 0) is 28.9 Å². The molecule has 7 unspecified atom stereocenters. The van der Waals surface area contributed by atoms with Crippen LogP contribution in [0.25, 0.3) is 0 Å². The van der Waals surface area contributed by atoms with E-state index in [1.54, 1.807) is 6.08 Å². The number of carbonyl (C=O) groups is 1. The normalized spacial score (nSPS) is 20.0. The zero-order chi connectivity index (χ0) is 49.1. The highest BCUT2D eigenvalue weighted by atomic mass is 32.3. The molecule has 0 saturated carbocycles. The molecule has 1 aliphatic heterocycles. The fourth-order valence-corrected chi connectivity index (χ4v) is 9.43. The average Bonchev–Trinajstić information content (AvgIpc) is 3.30. The van der Waals surface area contributed by atoms with Crippen molar-refractivity contribution >= 4 is 16.3 Å². The number of carbonyl (C=O) groups excluding carboxylic acids is 1. The van der Waals surface area contributed by atoms with Gasteiger partial charge in [-0.25, -0.2) is 4.18 Å². The van der Waals surface area contributed by atoms with Gasteiger partial charge in [-0.05, 0) is 44.9 Å². The van der Waals surface area contributed by atoms with Crippen molar-refractivity contribution in [2.24, 2.45) is 0 Å². The van der Waals surface area contributed by atoms with E-state index in [0.717, 1.165) is 57.8 Å². The third kappa shape index (κ3) is 37.1. The van der Waals surface area contributed by atoms with E-state index in [2.05, 4.69) is 35.5 Å². The quantitative estimate of drug-likeness (QED) is 0.0193. The lowest BCUT2D eigenvalue weighted by Gasteiger charge is -2.41. The summed E-state index contributed by atoms with van der Waals surface area (Å²) in [7, 11) is -5.09. The Balaban J connectivity index is 2.42. The highest BCUT2D eigenvalue weighted by molar-refractivity contribution is 7.80. The topological polar surface area (TPSA) is 192 Å². The van der Waals surface area contributed by atoms with E-state index in [0.29, 0.717) is 6.42 Å². The molecule has 0 bridgehead atoms. The molecule has 6 N–H and O–H groups in total. The number of aliphatic hydroxyl groups excluding tert-OH is 4. The fourth-order valence-electron chi connectivity index (χ4n) is 8.92. The zero-order valence-corrected chi connectivity index (χ0v) is 43.5. The Morgan fingerprint density at radius 1 is 0.582 bits per heavy atom. The maximum atomic E-state index is 13.1. The highest BCUT2D eigenvalue weighted by Gasteiger charge is 2.48. The van der Waals surface area contributed by atoms with Crippen molar-refractivity contribution < 1.29 is 51.8 Å². The number of hydrogen-bond donors (Lipinski definition) is 6. The Morgan fingerprint density at radius 2 is 0.955 bits per heavy atom. The third-order valence-corrected chi connectivity index (χ3v) is 13.7. The van der Waals surface area contributed by atoms with E-state index in [-0.39, 0.29) is 18.9 Å². The number of hydrogen-bond acceptors (Lipinski definition) is 10. The van der Waals surface area contributed by atoms with Crippen LogP contribution in [-0.4, -0.2) is 95.4 Å². The molecule has 0 aromatic carbocycles. The molecule has 1 heterocycles. The summed E-state index contributed by atoms with van der Waals surface area (Å²) in [6.45, 7) is 3.42. The fraction of sp³-hybridized carbons (Fsp3) is 0.907. The second kappa shape index (κ2) is 44.5. The lowest BCUT2D eigenvalue weighted by molar-refractivity contribution is -0.298. The van der Waals surface area contributed by atoms with Gasteiger partial charge in [0.15, 0.2) is 6.29 Å². The molecule has 13 heteroatoms. The summed E-state index contributed by atoms with van der Waals surface area (Å²) < 4.78 is 47.8. The van der Waals surface area contributed by atoms with Crippen molar-refractivity contribution in [3.8, 4) is 0 Å². The first-order valence-corrected chi connectivity index (χ1v) is 29.1. The average molecular weight is 974 g/mol. The summed E-state index contributed by atoms with van der Waals surface area (Å²) in [5.74, 6) is -0.268. The molecule has 0 aliphatic carbocycles. The van der Waals surface area contributed by atoms with Crippen LogP contribution >= 0.6 is 0 Å². The molecule has 1 saturated heterocycles. The standard InChI is InChI=1S/C54H103NO11S/c1-3-5-7-9-11-13-15-17-19-21-23-24-25-26-27-29-31-33-35-37-39-41-43-48(57)47(46-64-54-52(60)53(66-67(61,62)63)51(59)49(45-56)65-54)55-50(58)44-42-40-38-36-34-32-30-28-22-20-18-16-14-12-10-8-6-4-2/h28,30,41,43,47-49,51-54,56-57,59-60H,3-27,29,31-40,42,44-46H2,1-2H3,(H,55,58)(H,61,62,63)/b30-28-,43-41+. The minimum absolute atomic E-state index is 0.260. The molecular weight excluding hydrogens is 871 g/mol. The molecule has 396 valence electrons. The van der Waals surface area contributed by atoms with Gasteiger partial charge in [-0.1, -0.05) is 231 Å². The molecule has 0 aromatic rings. The zero-order valence-electron chi connectivity index (χ0n) is 42.7. The first-order chi connectivity index (χ1) is 32.5. The van der Waals surface area contributed by atoms with Gasteiger partial charge < -0.3 is 35.2 Å². The molecular formula is C54H103NO11S. The smallest absolute Gasteiger partial charge is 0.394 e. The van der Waals surface area contributed by atoms with Crippen LogP contribution in [0, 0.1) is 0 Å². The highest BCUT2D eigenvalue weighted by Crippen LogP contribution is 2.26. The van der Waals surface area contributed by atoms with Crippen molar-refractivity contribution in [2.45, 2.75) is 301 Å². The predicted octanol–water partition coefficient (Wildman–Crippen LogP) is 12.5. The van der Waals surface area contributed by atoms with Crippen molar-refractivity contribution in [2.75, 3.05) is 13.2 Å². The molecule has 0 spiro atoms. The molecule has 67 heavy (non-hydrogen) atoms. The van der Waals surface area contributed by atoms with E-state index >= 15 is 0 Å². The van der Waals surface area contributed by atoms with Crippen LogP contribution < -0.4 is 5.32 Å². The van der Waals surface area contributed by atoms with Crippen LogP contribution in [0.4, 0.5) is 0 Å². The Hall–Kier alpha value is -1.42. The summed E-state index contributed by atoms with van der Waals surface area (Å²) >= 11 is 0. The van der Waals surface area contributed by atoms with Crippen molar-refractivity contribution in [1.82, 2.24) is 5.32 Å². The Labute approximate surface area is 410 Å². The lowest BCUT2D eigenvalue weighted by Crippen LogP contribution is -2.61. The van der Waals surface area contributed by atoms with Gasteiger partial charge in [0, 0.05) is 6.42 Å². The molecule has 12 nitrogen and oxygen atoms in total. The predicted molar refractivity (Wildman–Crippen MR) is 273 cm³/mol. The van der Waals surface area contributed by atoms with Crippen molar-refractivity contribution in [3.63, 3.8) is 0 Å². The summed E-state index contributed by atoms with van der Waals surface area (Å²) in [5.41, 5.74) is 0. The molecule has 0 aromatic heterocycles. The molecule has 1 aliphatic rings. The largest absolute Gasteiger partial charge is 0.397 e. The summed E-state index contributed by atoms with van der Waals surface area (Å²) in [4.78, 5) is 13.1. The second-order valence-corrected chi connectivity index (χ2v) is 20.6. The lowest BCUT2D eigenvalue weighted by atomic mass is 9.99. The van der Waals surface area contributed by atoms with Gasteiger partial charge in [0.25, 0.3) is 0 Å². The molecule has 1 amide bonds. The van der Waals surface area contributed by atoms with Gasteiger partial charge in [0.05, 0.1) is 25.4 Å². The monoisotopic (exact) mass is 974 g/mol. The number of allylic oxidation sites excluding steroid dienone is 3. The van der Waals surface area contributed by atoms with Crippen LogP contribution in [0.1, 0.15) is 258 Å². The number of ether oxygens (including phenoxy) is 2. The number of aliphatic hydroxyl groups is 4. The first kappa shape index (κ1) is 63.6. The van der Waals surface area contributed by atoms with E-state index in [4.69, 9.17) is 9.47 Å². The van der Waals surface area contributed by atoms with Crippen LogP contribution in [0.3, 0.4) is 0 Å². The SMILES string of the molecule is CCCCCCCCCCC/C=C\CCCCCCCC(=O)NC(COC1OC(CO)C(O)C(OS(=O)(=O)O)C1O)C(O)/C=C/CCCCCCCCCCCCCCCCCCCCCC. The van der Waals surface area contributed by atoms with Gasteiger partial charge in [0.1, 0.15) is 24.4 Å². The number of nitrogens with one attached hydrogen (secondary N) is 1. The summed E-state index contributed by atoms with van der Waals surface area (Å²) in [6.07, 6.45) is 45.0. The van der Waals surface area contributed by atoms with Crippen LogP contribution in [0.15, 0.2) is 24.3 Å². The summed E-state index contributed by atoms with van der Waals surface area (Å²) in [5, 5.41) is 44.9. The number of rotatable bonds is 48. The van der Waals surface area contributed by atoms with Gasteiger partial charge in [-0.2, -0.15) is 8.42 Å². The number of amides is 1. The maximum Gasteiger partial charge on any atom is 0.397 e. The minimum atomic E-state index is -5.09. The van der Waals surface area contributed by atoms with Gasteiger partial charge in [0.2, 0.25) is 5.91 Å².